The van der Waals surface area contributed by atoms with Crippen LogP contribution < -0.4 is 0 Å². The minimum absolute atomic E-state index is 0.115. The number of aliphatic hydroxyl groups is 1. The third kappa shape index (κ3) is 7.53. The first kappa shape index (κ1) is 29.1. The summed E-state index contributed by atoms with van der Waals surface area (Å²) in [7, 11) is -3.73. The van der Waals surface area contributed by atoms with Crippen molar-refractivity contribution in [2.75, 3.05) is 6.61 Å². The van der Waals surface area contributed by atoms with Gasteiger partial charge < -0.3 is 14.0 Å². The minimum Gasteiger partial charge on any atom is -0.416 e. The van der Waals surface area contributed by atoms with Gasteiger partial charge in [-0.1, -0.05) is 67.0 Å². The lowest BCUT2D eigenvalue weighted by molar-refractivity contribution is -0.0443. The molecule has 184 valence electrons. The zero-order valence-corrected chi connectivity index (χ0v) is 24.9. The maximum absolute atomic E-state index is 10.4. The third-order valence-electron chi connectivity index (χ3n) is 8.82. The molecule has 0 aliphatic heterocycles. The zero-order chi connectivity index (χ0) is 24.5. The molecule has 0 heterocycles. The van der Waals surface area contributed by atoms with Crippen LogP contribution in [0.1, 0.15) is 87.5 Å². The molecule has 1 saturated carbocycles. The van der Waals surface area contributed by atoms with Gasteiger partial charge in [0.05, 0.1) is 12.2 Å². The van der Waals surface area contributed by atoms with E-state index in [2.05, 4.69) is 81.2 Å². The predicted molar refractivity (Wildman–Crippen MR) is 141 cm³/mol. The second-order valence-electron chi connectivity index (χ2n) is 13.5. The van der Waals surface area contributed by atoms with E-state index in [0.717, 1.165) is 31.4 Å². The molecule has 31 heavy (non-hydrogen) atoms. The number of aliphatic hydroxyl groups excluding tert-OH is 1. The molecule has 0 aromatic heterocycles. The van der Waals surface area contributed by atoms with Crippen molar-refractivity contribution in [2.24, 2.45) is 11.3 Å². The molecule has 0 radical (unpaired) electrons. The molecule has 1 rings (SSSR count). The topological polar surface area (TPSA) is 38.7 Å². The van der Waals surface area contributed by atoms with E-state index in [9.17, 15) is 5.11 Å². The van der Waals surface area contributed by atoms with Crippen molar-refractivity contribution in [2.45, 2.75) is 136 Å². The SMILES string of the molecule is C=C(C)C(O)CC[C@]1(C)CCC[C@@H](O[Si](C)(C)C(C)(C)C)[C@H]1CO[Si](C)(C)C(C)(C)C. The minimum atomic E-state index is -1.88. The van der Waals surface area contributed by atoms with Crippen LogP contribution in [0.3, 0.4) is 0 Å². The summed E-state index contributed by atoms with van der Waals surface area (Å²) in [5.41, 5.74) is 0.979. The maximum atomic E-state index is 10.4. The molecule has 0 saturated heterocycles. The Morgan fingerprint density at radius 3 is 2.03 bits per heavy atom. The van der Waals surface area contributed by atoms with Crippen LogP contribution in [0.4, 0.5) is 0 Å². The molecule has 0 aromatic carbocycles. The second-order valence-corrected chi connectivity index (χ2v) is 23.1. The highest BCUT2D eigenvalue weighted by atomic mass is 28.4. The van der Waals surface area contributed by atoms with Gasteiger partial charge >= 0.3 is 0 Å². The van der Waals surface area contributed by atoms with Gasteiger partial charge in [0.15, 0.2) is 16.6 Å². The van der Waals surface area contributed by atoms with Crippen LogP contribution in [0.5, 0.6) is 0 Å². The first-order valence-corrected chi connectivity index (χ1v) is 18.2. The lowest BCUT2D eigenvalue weighted by atomic mass is 9.64. The Hall–Kier alpha value is 0.0538. The fraction of sp³-hybridized carbons (Fsp3) is 0.923. The molecular formula is C26H54O3Si2. The van der Waals surface area contributed by atoms with Gasteiger partial charge in [-0.15, -0.1) is 0 Å². The average Bonchev–Trinajstić information content (AvgIpc) is 2.56. The molecule has 3 nitrogen and oxygen atoms in total. The summed E-state index contributed by atoms with van der Waals surface area (Å²) in [5, 5.41) is 10.8. The van der Waals surface area contributed by atoms with Gasteiger partial charge in [-0.05, 0) is 74.3 Å². The summed E-state index contributed by atoms with van der Waals surface area (Å²) in [6, 6.07) is 0. The highest BCUT2D eigenvalue weighted by Gasteiger charge is 2.48. The Morgan fingerprint density at radius 2 is 1.58 bits per heavy atom. The standard InChI is InChI=1S/C26H54O3Si2/c1-20(2)22(27)16-18-26(9)17-14-15-23(29-31(12,13)25(6,7)8)21(26)19-28-30(10,11)24(3,4)5/h21-23,27H,1,14-19H2,2-13H3/t21-,22?,23-,26+/m1/s1. The second kappa shape index (κ2) is 10.1. The lowest BCUT2D eigenvalue weighted by Gasteiger charge is -2.51. The van der Waals surface area contributed by atoms with Crippen LogP contribution in [-0.2, 0) is 8.85 Å². The average molecular weight is 471 g/mol. The molecule has 0 amide bonds. The Bertz CT molecular complexity index is 601. The van der Waals surface area contributed by atoms with Crippen LogP contribution >= 0.6 is 0 Å². The highest BCUT2D eigenvalue weighted by Crippen LogP contribution is 2.49. The van der Waals surface area contributed by atoms with Crippen molar-refractivity contribution in [3.63, 3.8) is 0 Å². The van der Waals surface area contributed by atoms with Crippen LogP contribution in [0.15, 0.2) is 12.2 Å². The Morgan fingerprint density at radius 1 is 1.06 bits per heavy atom. The molecular weight excluding hydrogens is 416 g/mol. The summed E-state index contributed by atoms with van der Waals surface area (Å²) in [5.74, 6) is 0.363. The Labute approximate surface area is 196 Å². The van der Waals surface area contributed by atoms with Gasteiger partial charge in [-0.2, -0.15) is 0 Å². The number of rotatable bonds is 9. The van der Waals surface area contributed by atoms with E-state index in [-0.39, 0.29) is 21.6 Å². The van der Waals surface area contributed by atoms with Crippen LogP contribution in [0.2, 0.25) is 36.3 Å². The first-order valence-electron chi connectivity index (χ1n) is 12.4. The largest absolute Gasteiger partial charge is 0.416 e. The van der Waals surface area contributed by atoms with Gasteiger partial charge in [-0.25, -0.2) is 0 Å². The van der Waals surface area contributed by atoms with Gasteiger partial charge in [0.1, 0.15) is 0 Å². The van der Waals surface area contributed by atoms with Crippen LogP contribution in [0, 0.1) is 11.3 Å². The molecule has 5 heteroatoms. The molecule has 0 bridgehead atoms. The Kier molecular flexibility index (Phi) is 9.50. The van der Waals surface area contributed by atoms with E-state index in [1.807, 2.05) is 6.92 Å². The maximum Gasteiger partial charge on any atom is 0.192 e. The first-order chi connectivity index (χ1) is 13.7. The molecule has 1 unspecified atom stereocenters. The molecule has 1 N–H and O–H groups in total. The lowest BCUT2D eigenvalue weighted by Crippen LogP contribution is -2.53. The highest BCUT2D eigenvalue weighted by molar-refractivity contribution is 6.74. The van der Waals surface area contributed by atoms with Gasteiger partial charge in [-0.3, -0.25) is 0 Å². The number of hydrogen-bond acceptors (Lipinski definition) is 3. The van der Waals surface area contributed by atoms with E-state index in [1.165, 1.54) is 12.8 Å². The van der Waals surface area contributed by atoms with Crippen molar-refractivity contribution in [3.05, 3.63) is 12.2 Å². The molecule has 1 fully saturated rings. The fourth-order valence-electron chi connectivity index (χ4n) is 4.09. The van der Waals surface area contributed by atoms with E-state index in [0.29, 0.717) is 5.92 Å². The van der Waals surface area contributed by atoms with E-state index in [4.69, 9.17) is 8.85 Å². The van der Waals surface area contributed by atoms with E-state index < -0.39 is 22.7 Å². The van der Waals surface area contributed by atoms with Gasteiger partial charge in [0.2, 0.25) is 0 Å². The van der Waals surface area contributed by atoms with E-state index >= 15 is 0 Å². The summed E-state index contributed by atoms with van der Waals surface area (Å²) in [6.45, 7) is 32.4. The van der Waals surface area contributed by atoms with Crippen molar-refractivity contribution in [1.29, 1.82) is 0 Å². The molecule has 0 aromatic rings. The summed E-state index contributed by atoms with van der Waals surface area (Å²) in [6.07, 6.45) is 5.08. The quantitative estimate of drug-likeness (QED) is 0.275. The van der Waals surface area contributed by atoms with Crippen molar-refractivity contribution in [3.8, 4) is 0 Å². The molecule has 4 atom stereocenters. The fourth-order valence-corrected chi connectivity index (χ4v) is 6.51. The van der Waals surface area contributed by atoms with Crippen LogP contribution in [0.25, 0.3) is 0 Å². The van der Waals surface area contributed by atoms with Crippen molar-refractivity contribution < 1.29 is 14.0 Å². The smallest absolute Gasteiger partial charge is 0.192 e. The molecule has 1 aliphatic rings. The van der Waals surface area contributed by atoms with Crippen molar-refractivity contribution in [1.82, 2.24) is 0 Å². The summed E-state index contributed by atoms with van der Waals surface area (Å²) in [4.78, 5) is 0. The zero-order valence-electron chi connectivity index (χ0n) is 22.9. The normalized spacial score (nSPS) is 27.3. The Balaban J connectivity index is 3.18. The van der Waals surface area contributed by atoms with Crippen LogP contribution in [-0.4, -0.2) is 40.6 Å². The monoisotopic (exact) mass is 470 g/mol. The predicted octanol–water partition coefficient (Wildman–Crippen LogP) is 7.92. The summed E-state index contributed by atoms with van der Waals surface area (Å²) < 4.78 is 13.9. The van der Waals surface area contributed by atoms with Gasteiger partial charge in [0.25, 0.3) is 0 Å². The van der Waals surface area contributed by atoms with Gasteiger partial charge in [0, 0.05) is 12.5 Å². The number of hydrogen-bond donors (Lipinski definition) is 1. The molecule has 0 spiro atoms. The van der Waals surface area contributed by atoms with E-state index in [1.54, 1.807) is 0 Å². The van der Waals surface area contributed by atoms with Crippen molar-refractivity contribution >= 4 is 16.6 Å². The third-order valence-corrected chi connectivity index (χ3v) is 17.8. The summed E-state index contributed by atoms with van der Waals surface area (Å²) >= 11 is 0. The molecule has 1 aliphatic carbocycles.